The molecule has 0 spiro atoms. The normalized spacial score (nSPS) is 19.9. The Labute approximate surface area is 112 Å². The Bertz CT molecular complexity index is 424. The molecule has 2 rings (SSSR count). The highest BCUT2D eigenvalue weighted by atomic mass is 35.5. The molecule has 1 fully saturated rings. The van der Waals surface area contributed by atoms with Gasteiger partial charge >= 0.3 is 0 Å². The summed E-state index contributed by atoms with van der Waals surface area (Å²) in [6.07, 6.45) is 2.37. The van der Waals surface area contributed by atoms with E-state index in [1.807, 2.05) is 4.90 Å². The summed E-state index contributed by atoms with van der Waals surface area (Å²) >= 11 is 5.84. The molecule has 1 aromatic rings. The van der Waals surface area contributed by atoms with Gasteiger partial charge in [-0.05, 0) is 36.5 Å². The van der Waals surface area contributed by atoms with E-state index in [-0.39, 0.29) is 18.1 Å². The predicted molar refractivity (Wildman–Crippen MR) is 70.1 cm³/mol. The third kappa shape index (κ3) is 3.45. The van der Waals surface area contributed by atoms with Crippen LogP contribution in [0, 0.1) is 11.7 Å². The topological polar surface area (TPSA) is 20.3 Å². The van der Waals surface area contributed by atoms with Crippen LogP contribution in [0.3, 0.4) is 0 Å². The average molecular weight is 270 g/mol. The van der Waals surface area contributed by atoms with E-state index in [4.69, 9.17) is 11.6 Å². The molecule has 1 aromatic carbocycles. The minimum atomic E-state index is -0.294. The third-order valence-corrected chi connectivity index (χ3v) is 3.77. The van der Waals surface area contributed by atoms with E-state index in [1.54, 1.807) is 12.1 Å². The third-order valence-electron chi connectivity index (χ3n) is 3.33. The predicted octanol–water partition coefficient (Wildman–Crippen LogP) is 2.85. The van der Waals surface area contributed by atoms with E-state index in [2.05, 4.69) is 0 Å². The highest BCUT2D eigenvalue weighted by Crippen LogP contribution is 2.18. The number of carbonyl (C=O) groups is 1. The zero-order valence-electron chi connectivity index (χ0n) is 10.2. The van der Waals surface area contributed by atoms with Crippen molar-refractivity contribution in [2.24, 2.45) is 5.92 Å². The van der Waals surface area contributed by atoms with Crippen molar-refractivity contribution in [2.45, 2.75) is 19.3 Å². The first-order valence-corrected chi connectivity index (χ1v) is 6.80. The van der Waals surface area contributed by atoms with E-state index < -0.39 is 0 Å². The summed E-state index contributed by atoms with van der Waals surface area (Å²) in [6.45, 7) is 1.53. The summed E-state index contributed by atoms with van der Waals surface area (Å²) in [5.41, 5.74) is 0.730. The van der Waals surface area contributed by atoms with Gasteiger partial charge < -0.3 is 4.90 Å². The Hall–Kier alpha value is -1.09. The van der Waals surface area contributed by atoms with Crippen LogP contribution in [0.1, 0.15) is 18.4 Å². The monoisotopic (exact) mass is 269 g/mol. The highest BCUT2D eigenvalue weighted by molar-refractivity contribution is 6.18. The number of likely N-dealkylation sites (tertiary alicyclic amines) is 1. The number of halogens is 2. The van der Waals surface area contributed by atoms with Gasteiger partial charge in [0.25, 0.3) is 0 Å². The summed E-state index contributed by atoms with van der Waals surface area (Å²) in [5, 5.41) is 0. The summed E-state index contributed by atoms with van der Waals surface area (Å²) in [6, 6.07) is 6.22. The molecular weight excluding hydrogens is 253 g/mol. The quantitative estimate of drug-likeness (QED) is 0.773. The minimum absolute atomic E-state index is 0.0652. The van der Waals surface area contributed by atoms with Crippen LogP contribution in [0.5, 0.6) is 0 Å². The molecule has 0 aromatic heterocycles. The number of rotatable bonds is 3. The summed E-state index contributed by atoms with van der Waals surface area (Å²) in [7, 11) is 0. The van der Waals surface area contributed by atoms with Crippen LogP contribution in [0.15, 0.2) is 24.3 Å². The van der Waals surface area contributed by atoms with Crippen molar-refractivity contribution < 1.29 is 9.18 Å². The molecule has 1 amide bonds. The molecule has 1 atom stereocenters. The highest BCUT2D eigenvalue weighted by Gasteiger charge is 2.22. The van der Waals surface area contributed by atoms with Crippen molar-refractivity contribution in [3.8, 4) is 0 Å². The van der Waals surface area contributed by atoms with Gasteiger partial charge in [0.1, 0.15) is 5.82 Å². The van der Waals surface area contributed by atoms with Crippen LogP contribution < -0.4 is 0 Å². The van der Waals surface area contributed by atoms with E-state index in [1.165, 1.54) is 12.1 Å². The number of carbonyl (C=O) groups excluding carboxylic acids is 1. The van der Waals surface area contributed by atoms with Gasteiger partial charge in [0.2, 0.25) is 5.91 Å². The maximum absolute atomic E-state index is 13.0. The van der Waals surface area contributed by atoms with Gasteiger partial charge in [-0.1, -0.05) is 12.1 Å². The molecule has 2 nitrogen and oxygen atoms in total. The van der Waals surface area contributed by atoms with Crippen molar-refractivity contribution in [2.75, 3.05) is 19.0 Å². The SMILES string of the molecule is O=C(Cc1cccc(F)c1)N1CCCC(CCl)C1. The maximum atomic E-state index is 13.0. The van der Waals surface area contributed by atoms with Gasteiger partial charge in [0, 0.05) is 19.0 Å². The van der Waals surface area contributed by atoms with Crippen molar-refractivity contribution in [3.63, 3.8) is 0 Å². The maximum Gasteiger partial charge on any atom is 0.227 e. The molecule has 0 N–H and O–H groups in total. The van der Waals surface area contributed by atoms with E-state index in [0.29, 0.717) is 11.8 Å². The van der Waals surface area contributed by atoms with Crippen LogP contribution in [-0.2, 0) is 11.2 Å². The lowest BCUT2D eigenvalue weighted by atomic mass is 9.99. The largest absolute Gasteiger partial charge is 0.342 e. The number of piperidine rings is 1. The number of nitrogens with zero attached hydrogens (tertiary/aromatic N) is 1. The molecule has 98 valence electrons. The Morgan fingerprint density at radius 1 is 1.50 bits per heavy atom. The van der Waals surface area contributed by atoms with Crippen LogP contribution in [-0.4, -0.2) is 29.8 Å². The number of amides is 1. The second-order valence-electron chi connectivity index (χ2n) is 4.81. The van der Waals surface area contributed by atoms with Gasteiger partial charge in [-0.3, -0.25) is 4.79 Å². The summed E-state index contributed by atoms with van der Waals surface area (Å²) in [4.78, 5) is 13.9. The van der Waals surface area contributed by atoms with E-state index >= 15 is 0 Å². The Kier molecular flexibility index (Phi) is 4.59. The molecular formula is C14H17ClFNO. The lowest BCUT2D eigenvalue weighted by Crippen LogP contribution is -2.41. The number of hydrogen-bond acceptors (Lipinski definition) is 1. The minimum Gasteiger partial charge on any atom is -0.342 e. The Balaban J connectivity index is 1.95. The van der Waals surface area contributed by atoms with Crippen molar-refractivity contribution in [1.82, 2.24) is 4.90 Å². The fourth-order valence-corrected chi connectivity index (χ4v) is 2.60. The fourth-order valence-electron chi connectivity index (χ4n) is 2.35. The standard InChI is InChI=1S/C14H17ClFNO/c15-9-12-4-2-6-17(10-12)14(18)8-11-3-1-5-13(16)7-11/h1,3,5,7,12H,2,4,6,8-10H2. The molecule has 4 heteroatoms. The first-order valence-electron chi connectivity index (χ1n) is 6.27. The molecule has 0 aliphatic carbocycles. The first kappa shape index (κ1) is 13.3. The summed E-state index contributed by atoms with van der Waals surface area (Å²) in [5.74, 6) is 0.772. The van der Waals surface area contributed by atoms with Gasteiger partial charge in [-0.15, -0.1) is 11.6 Å². The molecule has 18 heavy (non-hydrogen) atoms. The molecule has 0 saturated carbocycles. The molecule has 0 radical (unpaired) electrons. The Morgan fingerprint density at radius 3 is 3.06 bits per heavy atom. The second-order valence-corrected chi connectivity index (χ2v) is 5.12. The zero-order chi connectivity index (χ0) is 13.0. The molecule has 1 aliphatic heterocycles. The molecule has 1 saturated heterocycles. The zero-order valence-corrected chi connectivity index (χ0v) is 11.0. The van der Waals surface area contributed by atoms with Crippen LogP contribution >= 0.6 is 11.6 Å². The van der Waals surface area contributed by atoms with Crippen molar-refractivity contribution >= 4 is 17.5 Å². The number of benzene rings is 1. The van der Waals surface area contributed by atoms with Crippen LogP contribution in [0.4, 0.5) is 4.39 Å². The van der Waals surface area contributed by atoms with Crippen LogP contribution in [0.25, 0.3) is 0 Å². The van der Waals surface area contributed by atoms with Gasteiger partial charge in [-0.2, -0.15) is 0 Å². The Morgan fingerprint density at radius 2 is 2.33 bits per heavy atom. The van der Waals surface area contributed by atoms with Gasteiger partial charge in [0.15, 0.2) is 0 Å². The number of hydrogen-bond donors (Lipinski definition) is 0. The van der Waals surface area contributed by atoms with Crippen LogP contribution in [0.2, 0.25) is 0 Å². The van der Waals surface area contributed by atoms with E-state index in [9.17, 15) is 9.18 Å². The molecule has 1 unspecified atom stereocenters. The lowest BCUT2D eigenvalue weighted by Gasteiger charge is -2.32. The summed E-state index contributed by atoms with van der Waals surface area (Å²) < 4.78 is 13.0. The molecule has 1 heterocycles. The average Bonchev–Trinajstić information content (AvgIpc) is 2.39. The van der Waals surface area contributed by atoms with Crippen molar-refractivity contribution in [3.05, 3.63) is 35.6 Å². The number of alkyl halides is 1. The second kappa shape index (κ2) is 6.19. The molecule has 1 aliphatic rings. The molecule has 0 bridgehead atoms. The van der Waals surface area contributed by atoms with Crippen molar-refractivity contribution in [1.29, 1.82) is 0 Å². The lowest BCUT2D eigenvalue weighted by molar-refractivity contribution is -0.132. The van der Waals surface area contributed by atoms with Gasteiger partial charge in [-0.25, -0.2) is 4.39 Å². The first-order chi connectivity index (χ1) is 8.69. The van der Waals surface area contributed by atoms with Gasteiger partial charge in [0.05, 0.1) is 6.42 Å². The van der Waals surface area contributed by atoms with E-state index in [0.717, 1.165) is 31.5 Å². The fraction of sp³-hybridized carbons (Fsp3) is 0.500. The smallest absolute Gasteiger partial charge is 0.227 e.